The highest BCUT2D eigenvalue weighted by molar-refractivity contribution is 7.89. The summed E-state index contributed by atoms with van der Waals surface area (Å²) in [6.45, 7) is 1.82. The van der Waals surface area contributed by atoms with E-state index in [2.05, 4.69) is 0 Å². The smallest absolute Gasteiger partial charge is 0.414 e. The molecule has 1 N–H and O–H groups in total. The molecule has 1 heterocycles. The van der Waals surface area contributed by atoms with Gasteiger partial charge < -0.3 is 19.2 Å². The van der Waals surface area contributed by atoms with Gasteiger partial charge >= 0.3 is 11.7 Å². The molecule has 188 valence electrons. The van der Waals surface area contributed by atoms with E-state index >= 15 is 0 Å². The average molecular weight is 523 g/mol. The Hall–Kier alpha value is -2.92. The Bertz CT molecular complexity index is 1420. The van der Waals surface area contributed by atoms with E-state index in [-0.39, 0.29) is 40.8 Å². The van der Waals surface area contributed by atoms with Crippen LogP contribution < -0.4 is 10.4 Å². The Morgan fingerprint density at radius 2 is 1.89 bits per heavy atom. The highest BCUT2D eigenvalue weighted by Crippen LogP contribution is 2.32. The second-order valence-electron chi connectivity index (χ2n) is 8.26. The molecule has 0 spiro atoms. The number of aliphatic hydroxyl groups is 1. The van der Waals surface area contributed by atoms with Crippen LogP contribution in [0.25, 0.3) is 11.0 Å². The quantitative estimate of drug-likeness (QED) is 0.450. The first-order valence-electron chi connectivity index (χ1n) is 10.8. The minimum absolute atomic E-state index is 0.0661. The van der Waals surface area contributed by atoms with Gasteiger partial charge in [-0.15, -0.1) is 0 Å². The highest BCUT2D eigenvalue weighted by atomic mass is 35.5. The van der Waals surface area contributed by atoms with Crippen molar-refractivity contribution in [3.05, 3.63) is 68.5 Å². The first-order valence-corrected chi connectivity index (χ1v) is 12.6. The predicted octanol–water partition coefficient (Wildman–Crippen LogP) is 3.41. The lowest BCUT2D eigenvalue weighted by atomic mass is 9.99. The molecule has 1 aromatic heterocycles. The molecule has 0 saturated carbocycles. The molecule has 3 aromatic rings. The number of benzene rings is 2. The molecule has 3 rings (SSSR count). The van der Waals surface area contributed by atoms with Crippen LogP contribution in [0.1, 0.15) is 23.1 Å². The van der Waals surface area contributed by atoms with Crippen molar-refractivity contribution in [3.63, 3.8) is 0 Å². The molecule has 0 fully saturated rings. The Kier molecular flexibility index (Phi) is 8.22. The Labute approximate surface area is 208 Å². The fraction of sp³-hybridized carbons (Fsp3) is 0.333. The molecule has 0 radical (unpaired) electrons. The fourth-order valence-corrected chi connectivity index (χ4v) is 4.95. The number of carbonyl (C=O) groups is 1. The fourth-order valence-electron chi connectivity index (χ4n) is 3.47. The number of aliphatic hydroxyl groups excluding tert-OH is 1. The number of halogens is 1. The second-order valence-corrected chi connectivity index (χ2v) is 10.7. The summed E-state index contributed by atoms with van der Waals surface area (Å²) in [5, 5.41) is 9.73. The van der Waals surface area contributed by atoms with Crippen molar-refractivity contribution in [1.82, 2.24) is 9.21 Å². The van der Waals surface area contributed by atoms with Gasteiger partial charge in [-0.25, -0.2) is 22.3 Å². The lowest BCUT2D eigenvalue weighted by Gasteiger charge is -2.17. The van der Waals surface area contributed by atoms with E-state index in [1.807, 2.05) is 0 Å². The van der Waals surface area contributed by atoms with Gasteiger partial charge in [0, 0.05) is 57.7 Å². The van der Waals surface area contributed by atoms with Crippen LogP contribution in [0.2, 0.25) is 5.02 Å². The van der Waals surface area contributed by atoms with Gasteiger partial charge in [0.05, 0.1) is 9.92 Å². The second kappa shape index (κ2) is 10.8. The minimum Gasteiger partial charge on any atom is -0.422 e. The first kappa shape index (κ1) is 26.7. The molecule has 0 saturated heterocycles. The molecule has 0 unspecified atom stereocenters. The van der Waals surface area contributed by atoms with Crippen LogP contribution >= 0.6 is 11.6 Å². The van der Waals surface area contributed by atoms with Crippen molar-refractivity contribution < 1.29 is 27.5 Å². The van der Waals surface area contributed by atoms with Gasteiger partial charge in [0.25, 0.3) is 0 Å². The number of hydrogen-bond donors (Lipinski definition) is 1. The monoisotopic (exact) mass is 522 g/mol. The largest absolute Gasteiger partial charge is 0.422 e. The average Bonchev–Trinajstić information content (AvgIpc) is 2.81. The van der Waals surface area contributed by atoms with E-state index in [1.165, 1.54) is 48.5 Å². The minimum atomic E-state index is -3.75. The summed E-state index contributed by atoms with van der Waals surface area (Å²) < 4.78 is 37.6. The van der Waals surface area contributed by atoms with Crippen LogP contribution in [0.15, 0.2) is 50.5 Å². The van der Waals surface area contributed by atoms with Crippen molar-refractivity contribution in [2.45, 2.75) is 24.7 Å². The summed E-state index contributed by atoms with van der Waals surface area (Å²) in [7, 11) is 0.761. The number of rotatable bonds is 8. The summed E-state index contributed by atoms with van der Waals surface area (Å²) in [5.74, 6) is 0.0661. The van der Waals surface area contributed by atoms with Gasteiger partial charge in [-0.1, -0.05) is 23.7 Å². The van der Waals surface area contributed by atoms with Gasteiger partial charge in [-0.05, 0) is 42.7 Å². The van der Waals surface area contributed by atoms with Crippen molar-refractivity contribution in [1.29, 1.82) is 0 Å². The summed E-state index contributed by atoms with van der Waals surface area (Å²) in [4.78, 5) is 26.0. The number of fused-ring (bicyclic) bond motifs is 1. The van der Waals surface area contributed by atoms with Crippen molar-refractivity contribution in [2.75, 3.05) is 34.3 Å². The normalized spacial score (nSPS) is 11.7. The van der Waals surface area contributed by atoms with E-state index in [1.54, 1.807) is 25.1 Å². The number of carbonyl (C=O) groups excluding carboxylic acids is 1. The topological polar surface area (TPSA) is 117 Å². The molecule has 0 atom stereocenters. The summed E-state index contributed by atoms with van der Waals surface area (Å²) in [6, 6.07) is 9.31. The summed E-state index contributed by atoms with van der Waals surface area (Å²) in [6.07, 6.45) is -0.160. The van der Waals surface area contributed by atoms with Crippen LogP contribution in [0.3, 0.4) is 0 Å². The summed E-state index contributed by atoms with van der Waals surface area (Å²) >= 11 is 6.31. The van der Waals surface area contributed by atoms with Gasteiger partial charge in [-0.3, -0.25) is 0 Å². The van der Waals surface area contributed by atoms with E-state index in [4.69, 9.17) is 25.9 Å². The number of hydrogen-bond acceptors (Lipinski definition) is 7. The molecule has 2 aromatic carbocycles. The molecule has 35 heavy (non-hydrogen) atoms. The SMILES string of the molecule is Cc1c(Cc2cccc(S(=O)(=O)N(C)CCCO)c2)c(=O)oc2cc(OC(=O)N(C)C)c(Cl)cc12. The van der Waals surface area contributed by atoms with Gasteiger partial charge in [0.2, 0.25) is 10.0 Å². The van der Waals surface area contributed by atoms with E-state index in [0.717, 1.165) is 0 Å². The maximum atomic E-state index is 12.8. The number of nitrogens with zero attached hydrogens (tertiary/aromatic N) is 2. The van der Waals surface area contributed by atoms with Crippen molar-refractivity contribution in [2.24, 2.45) is 0 Å². The molecule has 9 nitrogen and oxygen atoms in total. The van der Waals surface area contributed by atoms with Crippen molar-refractivity contribution in [3.8, 4) is 5.75 Å². The highest BCUT2D eigenvalue weighted by Gasteiger charge is 2.22. The molecular weight excluding hydrogens is 496 g/mol. The maximum Gasteiger partial charge on any atom is 0.414 e. The Balaban J connectivity index is 1.97. The lowest BCUT2D eigenvalue weighted by Crippen LogP contribution is -2.28. The van der Waals surface area contributed by atoms with E-state index < -0.39 is 21.7 Å². The van der Waals surface area contributed by atoms with Crippen molar-refractivity contribution >= 4 is 38.7 Å². The van der Waals surface area contributed by atoms with E-state index in [0.29, 0.717) is 28.5 Å². The zero-order valence-electron chi connectivity index (χ0n) is 19.9. The number of amides is 1. The van der Waals surface area contributed by atoms with Crippen LogP contribution in [0, 0.1) is 6.92 Å². The molecule has 0 bridgehead atoms. The zero-order valence-corrected chi connectivity index (χ0v) is 21.4. The van der Waals surface area contributed by atoms with Crippen LogP contribution in [0.5, 0.6) is 5.75 Å². The number of ether oxygens (including phenoxy) is 1. The maximum absolute atomic E-state index is 12.8. The Morgan fingerprint density at radius 3 is 2.54 bits per heavy atom. The molecule has 0 aliphatic carbocycles. The third-order valence-electron chi connectivity index (χ3n) is 5.52. The number of sulfonamides is 1. The summed E-state index contributed by atoms with van der Waals surface area (Å²) in [5.41, 5.74) is 1.21. The molecular formula is C24H27ClN2O7S. The third kappa shape index (κ3) is 5.84. The van der Waals surface area contributed by atoms with Crippen LogP contribution in [-0.4, -0.2) is 63.1 Å². The number of aryl methyl sites for hydroxylation is 1. The first-order chi connectivity index (χ1) is 16.4. The Morgan fingerprint density at radius 1 is 1.17 bits per heavy atom. The lowest BCUT2D eigenvalue weighted by molar-refractivity contribution is 0.172. The van der Waals surface area contributed by atoms with E-state index in [9.17, 15) is 18.0 Å². The van der Waals surface area contributed by atoms with Gasteiger partial charge in [-0.2, -0.15) is 0 Å². The third-order valence-corrected chi connectivity index (χ3v) is 7.67. The predicted molar refractivity (Wildman–Crippen MR) is 133 cm³/mol. The molecule has 1 amide bonds. The standard InChI is InChI=1S/C24H27ClN2O7S/c1-15-18-13-20(25)22(34-24(30)26(2)3)14-21(18)33-23(29)19(15)12-16-7-5-8-17(11-16)35(31,32)27(4)9-6-10-28/h5,7-8,11,13-14,28H,6,9-10,12H2,1-4H3. The zero-order chi connectivity index (χ0) is 25.9. The molecule has 0 aliphatic heterocycles. The molecule has 11 heteroatoms. The van der Waals surface area contributed by atoms with Gasteiger partial charge in [0.1, 0.15) is 5.58 Å². The van der Waals surface area contributed by atoms with Gasteiger partial charge in [0.15, 0.2) is 5.75 Å². The van der Waals surface area contributed by atoms with Crippen LogP contribution in [0.4, 0.5) is 4.79 Å². The van der Waals surface area contributed by atoms with Crippen LogP contribution in [-0.2, 0) is 16.4 Å². The molecule has 0 aliphatic rings.